The third-order valence-corrected chi connectivity index (χ3v) is 4.32. The van der Waals surface area contributed by atoms with Gasteiger partial charge in [0.25, 0.3) is 0 Å². The van der Waals surface area contributed by atoms with Gasteiger partial charge in [0.2, 0.25) is 11.6 Å². The van der Waals surface area contributed by atoms with E-state index in [0.29, 0.717) is 11.3 Å². The molecule has 3 rings (SSSR count). The molecular weight excluding hydrogens is 375 g/mol. The number of hydrazone groups is 1. The second-order valence-corrected chi connectivity index (χ2v) is 6.18. The van der Waals surface area contributed by atoms with Gasteiger partial charge in [-0.05, 0) is 34.5 Å². The summed E-state index contributed by atoms with van der Waals surface area (Å²) in [4.78, 5) is 25.5. The molecule has 2 heterocycles. The van der Waals surface area contributed by atoms with Crippen LogP contribution in [-0.2, 0) is 27.1 Å². The first kappa shape index (κ1) is 19.7. The van der Waals surface area contributed by atoms with Crippen molar-refractivity contribution in [3.8, 4) is 0 Å². The van der Waals surface area contributed by atoms with E-state index in [1.165, 1.54) is 40.1 Å². The molecule has 2 aliphatic heterocycles. The molecule has 2 amide bonds. The maximum atomic E-state index is 12.7. The van der Waals surface area contributed by atoms with E-state index in [9.17, 15) is 22.8 Å². The first-order valence-electron chi connectivity index (χ1n) is 8.39. The Morgan fingerprint density at radius 1 is 1.36 bits per heavy atom. The quantitative estimate of drug-likeness (QED) is 0.583. The summed E-state index contributed by atoms with van der Waals surface area (Å²) in [5.74, 6) is -0.685. The second-order valence-electron chi connectivity index (χ2n) is 6.18. The number of nitrogens with zero attached hydrogens (tertiary/aromatic N) is 3. The van der Waals surface area contributed by atoms with Crippen molar-refractivity contribution in [2.45, 2.75) is 18.9 Å². The number of halogens is 3. The van der Waals surface area contributed by atoms with E-state index in [4.69, 9.17) is 4.74 Å². The van der Waals surface area contributed by atoms with E-state index >= 15 is 0 Å². The summed E-state index contributed by atoms with van der Waals surface area (Å²) in [5, 5.41) is 4.02. The summed E-state index contributed by atoms with van der Waals surface area (Å²) in [6, 6.07) is 4.62. The molecule has 0 unspecified atom stereocenters. The highest BCUT2D eigenvalue weighted by Crippen LogP contribution is 2.29. The van der Waals surface area contributed by atoms with Crippen LogP contribution in [0.5, 0.6) is 0 Å². The van der Waals surface area contributed by atoms with Crippen LogP contribution in [0.3, 0.4) is 0 Å². The number of allylic oxidation sites excluding steroid dienone is 1. The Hall–Kier alpha value is -3.07. The summed E-state index contributed by atoms with van der Waals surface area (Å²) >= 11 is 0. The molecule has 0 aliphatic carbocycles. The topological polar surface area (TPSA) is 62.0 Å². The fourth-order valence-electron chi connectivity index (χ4n) is 2.88. The molecule has 0 aromatic heterocycles. The van der Waals surface area contributed by atoms with Crippen LogP contribution < -0.4 is 0 Å². The molecule has 0 saturated carbocycles. The summed E-state index contributed by atoms with van der Waals surface area (Å²) in [6.45, 7) is 3.79. The molecule has 1 atom stereocenters. The number of amides is 2. The third kappa shape index (κ3) is 4.25. The van der Waals surface area contributed by atoms with Crippen molar-refractivity contribution in [2.24, 2.45) is 5.10 Å². The third-order valence-electron chi connectivity index (χ3n) is 4.32. The Morgan fingerprint density at radius 3 is 2.68 bits per heavy atom. The van der Waals surface area contributed by atoms with Gasteiger partial charge >= 0.3 is 12.1 Å². The van der Waals surface area contributed by atoms with Crippen molar-refractivity contribution in [1.29, 1.82) is 0 Å². The Morgan fingerprint density at radius 2 is 2.07 bits per heavy atom. The fraction of sp³-hybridized carbons (Fsp3) is 0.263. The maximum Gasteiger partial charge on any atom is 0.442 e. The molecule has 28 heavy (non-hydrogen) atoms. The van der Waals surface area contributed by atoms with Gasteiger partial charge < -0.3 is 9.64 Å². The number of likely N-dealkylation sites (tertiary alicyclic amines) is 1. The molecular formula is C19H17F3N3O3+. The van der Waals surface area contributed by atoms with Gasteiger partial charge in [-0.3, -0.25) is 4.79 Å². The molecule has 6 nitrogen and oxygen atoms in total. The van der Waals surface area contributed by atoms with Gasteiger partial charge in [0.05, 0.1) is 31.0 Å². The second kappa shape index (κ2) is 7.89. The van der Waals surface area contributed by atoms with Crippen molar-refractivity contribution in [1.82, 2.24) is 4.90 Å². The fourth-order valence-corrected chi connectivity index (χ4v) is 2.88. The van der Waals surface area contributed by atoms with Crippen LogP contribution in [0.15, 0.2) is 54.2 Å². The van der Waals surface area contributed by atoms with E-state index < -0.39 is 17.8 Å². The summed E-state index contributed by atoms with van der Waals surface area (Å²) in [7, 11) is 0. The van der Waals surface area contributed by atoms with Crippen molar-refractivity contribution in [3.63, 3.8) is 0 Å². The lowest BCUT2D eigenvalue weighted by Gasteiger charge is -2.13. The van der Waals surface area contributed by atoms with E-state index in [1.807, 2.05) is 0 Å². The lowest BCUT2D eigenvalue weighted by Crippen LogP contribution is -2.33. The first-order chi connectivity index (χ1) is 13.3. The van der Waals surface area contributed by atoms with E-state index in [1.54, 1.807) is 0 Å². The van der Waals surface area contributed by atoms with Crippen LogP contribution in [0.1, 0.15) is 11.1 Å². The number of carbonyl (C=O) groups excluding carboxylic acids is 2. The van der Waals surface area contributed by atoms with Gasteiger partial charge in [-0.25, -0.2) is 4.79 Å². The molecule has 1 aromatic carbocycles. The van der Waals surface area contributed by atoms with Gasteiger partial charge in [0.15, 0.2) is 6.10 Å². The van der Waals surface area contributed by atoms with Gasteiger partial charge in [0.1, 0.15) is 6.54 Å². The van der Waals surface area contributed by atoms with E-state index in [-0.39, 0.29) is 31.5 Å². The number of hydrogen-bond donors (Lipinski definition) is 0. The van der Waals surface area contributed by atoms with Crippen molar-refractivity contribution in [2.75, 3.05) is 13.1 Å². The van der Waals surface area contributed by atoms with Crippen LogP contribution >= 0.6 is 0 Å². The zero-order valence-corrected chi connectivity index (χ0v) is 14.7. The predicted octanol–water partition coefficient (Wildman–Crippen LogP) is 2.15. The lowest BCUT2D eigenvalue weighted by molar-refractivity contribution is -0.451. The molecule has 0 N–H and O–H groups in total. The molecule has 0 radical (unpaired) electrons. The summed E-state index contributed by atoms with van der Waals surface area (Å²) in [5.41, 5.74) is 0.272. The number of ether oxygens (including phenoxy) is 1. The predicted molar refractivity (Wildman–Crippen MR) is 94.7 cm³/mol. The minimum absolute atomic E-state index is 0.0179. The van der Waals surface area contributed by atoms with Crippen molar-refractivity contribution in [3.05, 3.63) is 60.2 Å². The average Bonchev–Trinajstić information content (AvgIpc) is 3.10. The molecule has 0 spiro atoms. The zero-order chi connectivity index (χ0) is 20.3. The number of alkyl halides is 3. The van der Waals surface area contributed by atoms with Crippen LogP contribution in [0, 0.1) is 0 Å². The van der Waals surface area contributed by atoms with Crippen LogP contribution in [-0.4, -0.2) is 52.5 Å². The highest BCUT2D eigenvalue weighted by atomic mass is 19.4. The monoisotopic (exact) mass is 392 g/mol. The average molecular weight is 392 g/mol. The molecule has 1 fully saturated rings. The minimum Gasteiger partial charge on any atom is -0.361 e. The zero-order valence-electron chi connectivity index (χ0n) is 14.7. The molecule has 1 aromatic rings. The first-order valence-corrected chi connectivity index (χ1v) is 8.39. The number of carbonyl (C=O) groups is 2. The smallest absolute Gasteiger partial charge is 0.361 e. The summed E-state index contributed by atoms with van der Waals surface area (Å²) in [6.07, 6.45) is 0.413. The molecule has 2 aliphatic rings. The Bertz CT molecular complexity index is 886. The molecule has 0 bridgehead atoms. The standard InChI is InChI=1S/C19H17F3N3O3/c1-2-17(26)24-10-15(25-18(27)4-3-9-23-25)16(11-24)28-12-13-5-7-14(8-6-13)19(20,21)22/h2-9,16H,1,10-12H2/q+1/b25-15-/t16-/m1/s1. The van der Waals surface area contributed by atoms with Crippen LogP contribution in [0.25, 0.3) is 0 Å². The SMILES string of the molecule is C=CC(=O)N1C/C(=[N+]2/N=CC=CC2=O)[C@H](OCc2ccc(C(F)(F)F)cc2)C1. The largest absolute Gasteiger partial charge is 0.442 e. The molecule has 9 heteroatoms. The lowest BCUT2D eigenvalue weighted by atomic mass is 10.1. The number of benzene rings is 1. The Kier molecular flexibility index (Phi) is 5.55. The molecule has 1 saturated heterocycles. The normalized spacial score (nSPS) is 22.0. The maximum absolute atomic E-state index is 12.7. The van der Waals surface area contributed by atoms with E-state index in [2.05, 4.69) is 11.7 Å². The Labute approximate surface area is 158 Å². The molecule has 146 valence electrons. The van der Waals surface area contributed by atoms with E-state index in [0.717, 1.165) is 18.2 Å². The highest BCUT2D eigenvalue weighted by molar-refractivity contribution is 6.00. The van der Waals surface area contributed by atoms with Crippen LogP contribution in [0.4, 0.5) is 13.2 Å². The van der Waals surface area contributed by atoms with Crippen molar-refractivity contribution >= 4 is 23.7 Å². The van der Waals surface area contributed by atoms with Gasteiger partial charge in [0, 0.05) is 5.10 Å². The van der Waals surface area contributed by atoms with Gasteiger partial charge in [-0.15, -0.1) is 0 Å². The van der Waals surface area contributed by atoms with Gasteiger partial charge in [-0.1, -0.05) is 18.7 Å². The minimum atomic E-state index is -4.41. The van der Waals surface area contributed by atoms with Crippen molar-refractivity contribution < 1.29 is 32.2 Å². The number of hydrogen-bond acceptors (Lipinski definition) is 4. The van der Waals surface area contributed by atoms with Crippen LogP contribution in [0.2, 0.25) is 0 Å². The van der Waals surface area contributed by atoms with Gasteiger partial charge in [-0.2, -0.15) is 13.2 Å². The highest BCUT2D eigenvalue weighted by Gasteiger charge is 2.41. The number of rotatable bonds is 4. The summed E-state index contributed by atoms with van der Waals surface area (Å²) < 4.78 is 45.0. The Balaban J connectivity index is 1.78.